The summed E-state index contributed by atoms with van der Waals surface area (Å²) in [5.74, 6) is 0. The molecule has 0 N–H and O–H groups in total. The van der Waals surface area contributed by atoms with E-state index in [0.29, 0.717) is 0 Å². The van der Waals surface area contributed by atoms with E-state index in [2.05, 4.69) is 225 Å². The summed E-state index contributed by atoms with van der Waals surface area (Å²) in [6, 6.07) is 39.4. The predicted molar refractivity (Wildman–Crippen MR) is 317 cm³/mol. The Balaban J connectivity index is 1.20. The van der Waals surface area contributed by atoms with E-state index < -0.39 is 0 Å². The molecular formula is C70H81BN2O. The Bertz CT molecular complexity index is 3570. The fraction of sp³-hybridized carbons (Fsp3) is 0.457. The second-order valence-corrected chi connectivity index (χ2v) is 29.8. The number of rotatable bonds is 3. The molecule has 2 aliphatic heterocycles. The van der Waals surface area contributed by atoms with E-state index in [1.807, 2.05) is 0 Å². The minimum Gasteiger partial charge on any atom is -0.468 e. The summed E-state index contributed by atoms with van der Waals surface area (Å²) in [5, 5.41) is 1.25. The van der Waals surface area contributed by atoms with Crippen LogP contribution in [0.1, 0.15) is 206 Å². The number of aryl methyl sites for hydroxylation is 1. The number of fused-ring (bicyclic) bond motifs is 13. The number of benzene rings is 6. The van der Waals surface area contributed by atoms with Gasteiger partial charge in [0.25, 0.3) is 6.71 Å². The van der Waals surface area contributed by atoms with Crippen molar-refractivity contribution in [2.24, 2.45) is 0 Å². The second kappa shape index (κ2) is 14.9. The number of hydrogen-bond acceptors (Lipinski definition) is 3. The van der Waals surface area contributed by atoms with Crippen LogP contribution in [0.4, 0.5) is 34.1 Å². The Hall–Kier alpha value is -5.48. The van der Waals surface area contributed by atoms with Gasteiger partial charge in [-0.2, -0.15) is 0 Å². The molecule has 6 aromatic carbocycles. The van der Waals surface area contributed by atoms with E-state index in [1.54, 1.807) is 5.56 Å². The molecule has 3 heterocycles. The highest BCUT2D eigenvalue weighted by Gasteiger charge is 2.55. The van der Waals surface area contributed by atoms with Crippen molar-refractivity contribution >= 4 is 68.4 Å². The average molecular weight is 977 g/mol. The molecule has 380 valence electrons. The molecule has 1 saturated carbocycles. The zero-order chi connectivity index (χ0) is 52.4. The highest BCUT2D eigenvalue weighted by molar-refractivity contribution is 7.00. The first-order valence-corrected chi connectivity index (χ1v) is 28.5. The van der Waals surface area contributed by atoms with Gasteiger partial charge < -0.3 is 14.2 Å². The molecule has 0 radical (unpaired) electrons. The maximum absolute atomic E-state index is 7.79. The highest BCUT2D eigenvalue weighted by Crippen LogP contribution is 2.63. The molecule has 2 bridgehead atoms. The molecule has 74 heavy (non-hydrogen) atoms. The summed E-state index contributed by atoms with van der Waals surface area (Å²) < 4.78 is 7.79. The molecule has 0 spiro atoms. The molecule has 2 unspecified atom stereocenters. The standard InChI is InChI=1S/C70H81BN2O/c1-41-33-51-58(68(14,15)30-29-67(51,12)13)57(42-21-19-18-20-22-42)60(41)73-53-26-23-43(63(2,3)4)34-52(53)71-59-54(35-44(36-55(59)73)64(5,6)7)72(45-24-25-47-48(37-45)66(10,11)28-27-65(47,8)9)61-46-38-49-50(39-56(46)74-62(61)71)70(17)32-31-69(49,16)40-70/h18-26,33-39H,27-32,40H2,1-17H3. The van der Waals surface area contributed by atoms with Gasteiger partial charge in [0.1, 0.15) is 5.58 Å². The van der Waals surface area contributed by atoms with Crippen LogP contribution < -0.4 is 26.4 Å². The third kappa shape index (κ3) is 6.63. The predicted octanol–water partition coefficient (Wildman–Crippen LogP) is 17.5. The molecule has 3 nitrogen and oxygen atoms in total. The summed E-state index contributed by atoms with van der Waals surface area (Å²) in [7, 11) is 0. The lowest BCUT2D eigenvalue weighted by Crippen LogP contribution is -2.61. The number of anilines is 6. The van der Waals surface area contributed by atoms with Crippen molar-refractivity contribution in [1.82, 2.24) is 0 Å². The molecule has 1 fully saturated rings. The topological polar surface area (TPSA) is 19.6 Å². The van der Waals surface area contributed by atoms with Gasteiger partial charge in [0, 0.05) is 33.7 Å². The van der Waals surface area contributed by atoms with Crippen molar-refractivity contribution < 1.29 is 4.42 Å². The van der Waals surface area contributed by atoms with Crippen molar-refractivity contribution in [3.05, 3.63) is 147 Å². The monoisotopic (exact) mass is 977 g/mol. The molecule has 7 aromatic rings. The normalized spacial score (nSPS) is 23.3. The van der Waals surface area contributed by atoms with Crippen molar-refractivity contribution in [2.45, 2.75) is 206 Å². The van der Waals surface area contributed by atoms with E-state index in [4.69, 9.17) is 4.42 Å². The van der Waals surface area contributed by atoms with Crippen LogP contribution in [0.15, 0.2) is 101 Å². The zero-order valence-electron chi connectivity index (χ0n) is 48.1. The molecule has 2 atom stereocenters. The first-order valence-electron chi connectivity index (χ1n) is 28.5. The molecule has 6 aliphatic rings. The van der Waals surface area contributed by atoms with E-state index in [-0.39, 0.29) is 50.0 Å². The Labute approximate surface area is 444 Å². The molecule has 0 amide bonds. The van der Waals surface area contributed by atoms with Gasteiger partial charge in [-0.3, -0.25) is 0 Å². The fourth-order valence-electron chi connectivity index (χ4n) is 15.8. The summed E-state index contributed by atoms with van der Waals surface area (Å²) >= 11 is 0. The molecule has 4 heteroatoms. The van der Waals surface area contributed by atoms with Crippen LogP contribution in [0.3, 0.4) is 0 Å². The third-order valence-corrected chi connectivity index (χ3v) is 20.5. The molecule has 0 saturated heterocycles. The summed E-state index contributed by atoms with van der Waals surface area (Å²) in [5.41, 5.74) is 28.2. The van der Waals surface area contributed by atoms with Crippen molar-refractivity contribution in [3.63, 3.8) is 0 Å². The summed E-state index contributed by atoms with van der Waals surface area (Å²) in [6.45, 7) is 41.5. The lowest BCUT2D eigenvalue weighted by Gasteiger charge is -2.47. The maximum Gasteiger partial charge on any atom is 0.297 e. The van der Waals surface area contributed by atoms with Crippen molar-refractivity contribution in [2.75, 3.05) is 9.80 Å². The lowest BCUT2D eigenvalue weighted by molar-refractivity contribution is 0.332. The van der Waals surface area contributed by atoms with E-state index in [1.165, 1.54) is 138 Å². The van der Waals surface area contributed by atoms with Gasteiger partial charge in [-0.15, -0.1) is 0 Å². The highest BCUT2D eigenvalue weighted by atomic mass is 16.3. The summed E-state index contributed by atoms with van der Waals surface area (Å²) in [4.78, 5) is 5.45. The van der Waals surface area contributed by atoms with Crippen LogP contribution in [0.2, 0.25) is 0 Å². The van der Waals surface area contributed by atoms with Crippen LogP contribution >= 0.6 is 0 Å². The summed E-state index contributed by atoms with van der Waals surface area (Å²) in [6.07, 6.45) is 8.35. The number of nitrogens with zero attached hydrogens (tertiary/aromatic N) is 2. The minimum absolute atomic E-state index is 0.0366. The van der Waals surface area contributed by atoms with Crippen LogP contribution in [0, 0.1) is 6.92 Å². The van der Waals surface area contributed by atoms with Gasteiger partial charge in [-0.05, 0) is 204 Å². The van der Waals surface area contributed by atoms with Gasteiger partial charge in [0.15, 0.2) is 0 Å². The lowest BCUT2D eigenvalue weighted by atomic mass is 9.35. The first kappa shape index (κ1) is 48.2. The van der Waals surface area contributed by atoms with Gasteiger partial charge in [0.2, 0.25) is 0 Å². The minimum atomic E-state index is -0.154. The van der Waals surface area contributed by atoms with Gasteiger partial charge >= 0.3 is 0 Å². The zero-order valence-corrected chi connectivity index (χ0v) is 48.1. The van der Waals surface area contributed by atoms with Crippen molar-refractivity contribution in [3.8, 4) is 11.1 Å². The molecular weight excluding hydrogens is 896 g/mol. The first-order chi connectivity index (χ1) is 34.5. The van der Waals surface area contributed by atoms with Gasteiger partial charge in [-0.25, -0.2) is 0 Å². The Morgan fingerprint density at radius 3 is 1.74 bits per heavy atom. The average Bonchev–Trinajstić information content (AvgIpc) is 3.95. The molecule has 1 aromatic heterocycles. The fourth-order valence-corrected chi connectivity index (χ4v) is 15.8. The maximum atomic E-state index is 7.79. The Morgan fingerprint density at radius 2 is 1.09 bits per heavy atom. The van der Waals surface area contributed by atoms with Crippen LogP contribution in [0.5, 0.6) is 0 Å². The number of hydrogen-bond donors (Lipinski definition) is 0. The van der Waals surface area contributed by atoms with Crippen LogP contribution in [0.25, 0.3) is 22.1 Å². The van der Waals surface area contributed by atoms with E-state index in [0.717, 1.165) is 24.1 Å². The van der Waals surface area contributed by atoms with Crippen molar-refractivity contribution in [1.29, 1.82) is 0 Å². The van der Waals surface area contributed by atoms with Crippen LogP contribution in [-0.4, -0.2) is 6.71 Å². The Kier molecular flexibility index (Phi) is 9.72. The molecule has 13 rings (SSSR count). The van der Waals surface area contributed by atoms with Gasteiger partial charge in [-0.1, -0.05) is 165 Å². The quantitative estimate of drug-likeness (QED) is 0.165. The smallest absolute Gasteiger partial charge is 0.297 e. The Morgan fingerprint density at radius 1 is 0.500 bits per heavy atom. The third-order valence-electron chi connectivity index (χ3n) is 20.5. The largest absolute Gasteiger partial charge is 0.468 e. The number of furan rings is 1. The van der Waals surface area contributed by atoms with Gasteiger partial charge in [0.05, 0.1) is 17.0 Å². The van der Waals surface area contributed by atoms with E-state index >= 15 is 0 Å². The second-order valence-electron chi connectivity index (χ2n) is 29.8. The van der Waals surface area contributed by atoms with Crippen LogP contribution in [-0.2, 0) is 43.3 Å². The van der Waals surface area contributed by atoms with E-state index in [9.17, 15) is 0 Å². The SMILES string of the molecule is Cc1cc2c(c(-c3ccccc3)c1N1c3ccc(C(C)(C)C)cc3B3c4oc5cc6c(cc5c4N(c4ccc5c(c4)C(C)(C)CCC5(C)C)c4cc(C(C)(C)C)cc1c43)C1(C)CCC6(C)C1)C(C)(C)CCC2(C)C. The molecule has 4 aliphatic carbocycles.